The summed E-state index contributed by atoms with van der Waals surface area (Å²) < 4.78 is 0. The summed E-state index contributed by atoms with van der Waals surface area (Å²) in [5.74, 6) is 0. The van der Waals surface area contributed by atoms with Crippen LogP contribution in [0.15, 0.2) is 6.20 Å². The number of hydrogen-bond acceptors (Lipinski definition) is 4. The van der Waals surface area contributed by atoms with Crippen LogP contribution in [0.4, 0.5) is 0 Å². The number of thiazole rings is 1. The molecular formula is C13H23N3S. The summed E-state index contributed by atoms with van der Waals surface area (Å²) in [7, 11) is 0. The van der Waals surface area contributed by atoms with Gasteiger partial charge in [0.15, 0.2) is 0 Å². The maximum atomic E-state index is 4.35. The fourth-order valence-corrected chi connectivity index (χ4v) is 3.08. The standard InChI is InChI=1S/C13H23N3S/c1-11-9-16-13(17-11)10-14-7-4-6-12-5-2-3-8-15-12/h9,12,14-15H,2-8,10H2,1H3. The summed E-state index contributed by atoms with van der Waals surface area (Å²) in [5, 5.41) is 8.27. The number of nitrogens with zero attached hydrogens (tertiary/aromatic N) is 1. The first-order valence-electron chi connectivity index (χ1n) is 6.70. The Morgan fingerprint density at radius 3 is 3.18 bits per heavy atom. The van der Waals surface area contributed by atoms with Crippen LogP contribution in [-0.4, -0.2) is 24.1 Å². The lowest BCUT2D eigenvalue weighted by atomic mass is 10.0. The van der Waals surface area contributed by atoms with Crippen LogP contribution in [0, 0.1) is 6.92 Å². The second-order valence-electron chi connectivity index (χ2n) is 4.83. The van der Waals surface area contributed by atoms with Crippen molar-refractivity contribution in [1.82, 2.24) is 15.6 Å². The smallest absolute Gasteiger partial charge is 0.107 e. The molecule has 1 aliphatic heterocycles. The Morgan fingerprint density at radius 2 is 2.47 bits per heavy atom. The Labute approximate surface area is 108 Å². The molecular weight excluding hydrogens is 230 g/mol. The highest BCUT2D eigenvalue weighted by Gasteiger charge is 2.11. The Hall–Kier alpha value is -0.450. The summed E-state index contributed by atoms with van der Waals surface area (Å²) in [4.78, 5) is 5.65. The number of aryl methyl sites for hydroxylation is 1. The lowest BCUT2D eigenvalue weighted by Crippen LogP contribution is -2.34. The molecule has 1 aromatic heterocycles. The molecule has 0 aromatic carbocycles. The molecule has 1 aromatic rings. The monoisotopic (exact) mass is 253 g/mol. The third-order valence-corrected chi connectivity index (χ3v) is 4.18. The van der Waals surface area contributed by atoms with Gasteiger partial charge in [0.05, 0.1) is 0 Å². The average Bonchev–Trinajstić information content (AvgIpc) is 2.76. The van der Waals surface area contributed by atoms with E-state index in [1.54, 1.807) is 11.3 Å². The Bertz CT molecular complexity index is 318. The first-order chi connectivity index (χ1) is 8.34. The predicted octanol–water partition coefficient (Wildman–Crippen LogP) is 2.46. The van der Waals surface area contributed by atoms with Crippen LogP contribution < -0.4 is 10.6 Å². The molecule has 3 nitrogen and oxygen atoms in total. The zero-order valence-corrected chi connectivity index (χ0v) is 11.5. The van der Waals surface area contributed by atoms with Gasteiger partial charge in [-0.15, -0.1) is 11.3 Å². The van der Waals surface area contributed by atoms with E-state index in [-0.39, 0.29) is 0 Å². The van der Waals surface area contributed by atoms with E-state index in [1.807, 2.05) is 6.20 Å². The van der Waals surface area contributed by atoms with Gasteiger partial charge in [0.2, 0.25) is 0 Å². The molecule has 0 radical (unpaired) electrons. The average molecular weight is 253 g/mol. The van der Waals surface area contributed by atoms with Gasteiger partial charge < -0.3 is 10.6 Å². The lowest BCUT2D eigenvalue weighted by Gasteiger charge is -2.23. The highest BCUT2D eigenvalue weighted by Crippen LogP contribution is 2.12. The molecule has 1 aliphatic rings. The fourth-order valence-electron chi connectivity index (χ4n) is 2.32. The van der Waals surface area contributed by atoms with E-state index in [2.05, 4.69) is 22.5 Å². The van der Waals surface area contributed by atoms with Crippen molar-refractivity contribution >= 4 is 11.3 Å². The topological polar surface area (TPSA) is 37.0 Å². The number of piperidine rings is 1. The molecule has 0 saturated carbocycles. The minimum absolute atomic E-state index is 0.771. The molecule has 1 atom stereocenters. The van der Waals surface area contributed by atoms with Crippen LogP contribution >= 0.6 is 11.3 Å². The van der Waals surface area contributed by atoms with Crippen LogP contribution in [0.3, 0.4) is 0 Å². The molecule has 2 heterocycles. The summed E-state index contributed by atoms with van der Waals surface area (Å²) in [5.41, 5.74) is 0. The van der Waals surface area contributed by atoms with Gasteiger partial charge in [0.25, 0.3) is 0 Å². The molecule has 0 amide bonds. The first-order valence-corrected chi connectivity index (χ1v) is 7.51. The van der Waals surface area contributed by atoms with Crippen LogP contribution in [-0.2, 0) is 6.54 Å². The quantitative estimate of drug-likeness (QED) is 0.765. The van der Waals surface area contributed by atoms with Crippen molar-refractivity contribution in [2.24, 2.45) is 0 Å². The minimum atomic E-state index is 0.771. The molecule has 2 N–H and O–H groups in total. The Kier molecular flexibility index (Phi) is 5.42. The van der Waals surface area contributed by atoms with Gasteiger partial charge in [-0.25, -0.2) is 4.98 Å². The summed E-state index contributed by atoms with van der Waals surface area (Å²) in [6.45, 7) is 5.36. The van der Waals surface area contributed by atoms with Gasteiger partial charge in [-0.05, 0) is 45.7 Å². The van der Waals surface area contributed by atoms with E-state index in [4.69, 9.17) is 0 Å². The molecule has 1 saturated heterocycles. The van der Waals surface area contributed by atoms with Gasteiger partial charge in [-0.3, -0.25) is 0 Å². The van der Waals surface area contributed by atoms with Gasteiger partial charge in [-0.2, -0.15) is 0 Å². The fraction of sp³-hybridized carbons (Fsp3) is 0.769. The zero-order chi connectivity index (χ0) is 11.9. The van der Waals surface area contributed by atoms with Crippen molar-refractivity contribution in [2.75, 3.05) is 13.1 Å². The van der Waals surface area contributed by atoms with E-state index < -0.39 is 0 Å². The highest BCUT2D eigenvalue weighted by molar-refractivity contribution is 7.11. The van der Waals surface area contributed by atoms with Gasteiger partial charge in [0.1, 0.15) is 5.01 Å². The SMILES string of the molecule is Cc1cnc(CNCCCC2CCCCN2)s1. The van der Waals surface area contributed by atoms with Crippen molar-refractivity contribution in [3.05, 3.63) is 16.1 Å². The van der Waals surface area contributed by atoms with Gasteiger partial charge in [0, 0.05) is 23.7 Å². The maximum Gasteiger partial charge on any atom is 0.107 e. The molecule has 0 aliphatic carbocycles. The van der Waals surface area contributed by atoms with Crippen molar-refractivity contribution in [3.63, 3.8) is 0 Å². The highest BCUT2D eigenvalue weighted by atomic mass is 32.1. The Balaban J connectivity index is 1.51. The molecule has 0 bridgehead atoms. The minimum Gasteiger partial charge on any atom is -0.314 e. The van der Waals surface area contributed by atoms with Crippen molar-refractivity contribution in [2.45, 2.75) is 51.6 Å². The Morgan fingerprint density at radius 1 is 1.53 bits per heavy atom. The molecule has 96 valence electrons. The van der Waals surface area contributed by atoms with E-state index in [9.17, 15) is 0 Å². The van der Waals surface area contributed by atoms with Crippen LogP contribution in [0.5, 0.6) is 0 Å². The molecule has 1 unspecified atom stereocenters. The molecule has 2 rings (SSSR count). The van der Waals surface area contributed by atoms with Crippen LogP contribution in [0.25, 0.3) is 0 Å². The van der Waals surface area contributed by atoms with Gasteiger partial charge >= 0.3 is 0 Å². The number of aromatic nitrogens is 1. The number of rotatable bonds is 6. The van der Waals surface area contributed by atoms with E-state index in [0.29, 0.717) is 0 Å². The predicted molar refractivity (Wildman–Crippen MR) is 73.4 cm³/mol. The van der Waals surface area contributed by atoms with E-state index in [0.717, 1.165) is 19.1 Å². The van der Waals surface area contributed by atoms with Gasteiger partial charge in [-0.1, -0.05) is 6.42 Å². The molecule has 17 heavy (non-hydrogen) atoms. The second-order valence-corrected chi connectivity index (χ2v) is 6.15. The van der Waals surface area contributed by atoms with E-state index >= 15 is 0 Å². The molecule has 4 heteroatoms. The summed E-state index contributed by atoms with van der Waals surface area (Å²) >= 11 is 1.79. The van der Waals surface area contributed by atoms with E-state index in [1.165, 1.54) is 48.5 Å². The maximum absolute atomic E-state index is 4.35. The number of nitrogens with one attached hydrogen (secondary N) is 2. The second kappa shape index (κ2) is 7.09. The third-order valence-electron chi connectivity index (χ3n) is 3.26. The van der Waals surface area contributed by atoms with Crippen molar-refractivity contribution < 1.29 is 0 Å². The summed E-state index contributed by atoms with van der Waals surface area (Å²) in [6.07, 6.45) is 8.66. The van der Waals surface area contributed by atoms with Crippen LogP contribution in [0.1, 0.15) is 42.0 Å². The van der Waals surface area contributed by atoms with Crippen molar-refractivity contribution in [1.29, 1.82) is 0 Å². The van der Waals surface area contributed by atoms with Crippen molar-refractivity contribution in [3.8, 4) is 0 Å². The molecule has 0 spiro atoms. The van der Waals surface area contributed by atoms with Crippen LogP contribution in [0.2, 0.25) is 0 Å². The zero-order valence-electron chi connectivity index (χ0n) is 10.7. The normalized spacial score (nSPS) is 20.6. The summed E-state index contributed by atoms with van der Waals surface area (Å²) in [6, 6.07) is 0.771. The largest absolute Gasteiger partial charge is 0.314 e. The lowest BCUT2D eigenvalue weighted by molar-refractivity contribution is 0.373. The third kappa shape index (κ3) is 4.74. The first kappa shape index (κ1) is 13.0. The molecule has 1 fully saturated rings. The number of hydrogen-bond donors (Lipinski definition) is 2.